The Morgan fingerprint density at radius 2 is 2.00 bits per heavy atom. The Morgan fingerprint density at radius 1 is 1.43 bits per heavy atom. The van der Waals surface area contributed by atoms with E-state index in [-0.39, 0.29) is 0 Å². The number of aromatic nitrogens is 1. The molecule has 0 aliphatic rings. The van der Waals surface area contributed by atoms with E-state index in [9.17, 15) is 17.2 Å². The van der Waals surface area contributed by atoms with E-state index in [1.165, 1.54) is 0 Å². The molecule has 1 rings (SSSR count). The molecule has 0 saturated heterocycles. The number of halogens is 4. The van der Waals surface area contributed by atoms with Crippen molar-refractivity contribution in [1.82, 2.24) is 4.98 Å². The molecule has 0 bridgehead atoms. The average Bonchev–Trinajstić information content (AvgIpc) is 2.01. The van der Waals surface area contributed by atoms with Gasteiger partial charge in [0, 0.05) is 16.9 Å². The maximum absolute atomic E-state index is 12.1. The lowest BCUT2D eigenvalue weighted by Crippen LogP contribution is -1.96. The molecule has 78 valence electrons. The lowest BCUT2D eigenvalue weighted by atomic mass is 10.3. The number of alkyl halides is 2. The fourth-order valence-electron chi connectivity index (χ4n) is 0.725. The highest BCUT2D eigenvalue weighted by atomic mass is 35.7. The predicted molar refractivity (Wildman–Crippen MR) is 47.2 cm³/mol. The predicted octanol–water partition coefficient (Wildman–Crippen LogP) is 2.60. The van der Waals surface area contributed by atoms with Gasteiger partial charge in [-0.1, -0.05) is 11.6 Å². The Bertz CT molecular complexity index is 449. The standard InChI is InChI=1S/C6H3Cl2F2NO2S/c7-4-1-3(14(8,12)13)2-11-5(4)6(9)10/h1-2,6H. The molecule has 0 aliphatic heterocycles. The van der Waals surface area contributed by atoms with Gasteiger partial charge in [-0.15, -0.1) is 0 Å². The second-order valence-electron chi connectivity index (χ2n) is 2.28. The van der Waals surface area contributed by atoms with Crippen molar-refractivity contribution in [2.75, 3.05) is 0 Å². The summed E-state index contributed by atoms with van der Waals surface area (Å²) in [4.78, 5) is 2.79. The normalized spacial score (nSPS) is 12.1. The lowest BCUT2D eigenvalue weighted by molar-refractivity contribution is 0.146. The van der Waals surface area contributed by atoms with Gasteiger partial charge in [0.15, 0.2) is 0 Å². The molecule has 1 aromatic heterocycles. The summed E-state index contributed by atoms with van der Waals surface area (Å²) in [5.41, 5.74) is -0.671. The largest absolute Gasteiger partial charge is 0.281 e. The van der Waals surface area contributed by atoms with Gasteiger partial charge in [0.2, 0.25) is 0 Å². The summed E-state index contributed by atoms with van der Waals surface area (Å²) in [6, 6.07) is 0.832. The van der Waals surface area contributed by atoms with Crippen LogP contribution in [0.3, 0.4) is 0 Å². The van der Waals surface area contributed by atoms with Gasteiger partial charge in [-0.2, -0.15) is 0 Å². The summed E-state index contributed by atoms with van der Waals surface area (Å²) in [6.45, 7) is 0. The minimum absolute atomic E-state index is 0.409. The van der Waals surface area contributed by atoms with Gasteiger partial charge in [-0.05, 0) is 6.07 Å². The van der Waals surface area contributed by atoms with Crippen LogP contribution in [0.2, 0.25) is 5.02 Å². The quantitative estimate of drug-likeness (QED) is 0.769. The van der Waals surface area contributed by atoms with Crippen molar-refractivity contribution in [3.8, 4) is 0 Å². The second-order valence-corrected chi connectivity index (χ2v) is 5.25. The average molecular weight is 262 g/mol. The Labute approximate surface area is 88.1 Å². The van der Waals surface area contributed by atoms with Crippen molar-refractivity contribution in [2.24, 2.45) is 0 Å². The first kappa shape index (κ1) is 11.6. The molecule has 0 unspecified atom stereocenters. The van der Waals surface area contributed by atoms with Crippen LogP contribution in [-0.4, -0.2) is 13.4 Å². The van der Waals surface area contributed by atoms with Crippen molar-refractivity contribution in [3.05, 3.63) is 23.0 Å². The topological polar surface area (TPSA) is 47.0 Å². The summed E-state index contributed by atoms with van der Waals surface area (Å²) in [5, 5.41) is -0.429. The molecule has 0 radical (unpaired) electrons. The van der Waals surface area contributed by atoms with Crippen LogP contribution in [-0.2, 0) is 9.05 Å². The van der Waals surface area contributed by atoms with E-state index in [1.54, 1.807) is 0 Å². The third-order valence-corrected chi connectivity index (χ3v) is 2.96. The van der Waals surface area contributed by atoms with Crippen LogP contribution >= 0.6 is 22.3 Å². The first-order chi connectivity index (χ1) is 6.32. The Balaban J connectivity index is 3.27. The maximum Gasteiger partial charge on any atom is 0.281 e. The number of hydrogen-bond donors (Lipinski definition) is 0. The molecule has 0 saturated carbocycles. The van der Waals surface area contributed by atoms with E-state index in [2.05, 4.69) is 4.98 Å². The summed E-state index contributed by atoms with van der Waals surface area (Å²) >= 11 is 5.36. The van der Waals surface area contributed by atoms with Crippen LogP contribution in [0.1, 0.15) is 12.1 Å². The zero-order valence-electron chi connectivity index (χ0n) is 6.42. The van der Waals surface area contributed by atoms with Gasteiger partial charge in [-0.3, -0.25) is 4.98 Å². The molecule has 0 N–H and O–H groups in total. The zero-order valence-corrected chi connectivity index (χ0v) is 8.74. The van der Waals surface area contributed by atoms with E-state index in [4.69, 9.17) is 22.3 Å². The molecule has 0 amide bonds. The zero-order chi connectivity index (χ0) is 10.9. The Morgan fingerprint density at radius 3 is 2.36 bits per heavy atom. The monoisotopic (exact) mass is 261 g/mol. The van der Waals surface area contributed by atoms with Gasteiger partial charge in [0.25, 0.3) is 15.5 Å². The summed E-state index contributed by atoms with van der Waals surface area (Å²) in [6.07, 6.45) is -2.12. The van der Waals surface area contributed by atoms with Crippen LogP contribution in [0, 0.1) is 0 Å². The smallest absolute Gasteiger partial charge is 0.252 e. The molecule has 1 aromatic rings. The van der Waals surface area contributed by atoms with Crippen LogP contribution in [0.15, 0.2) is 17.2 Å². The van der Waals surface area contributed by atoms with Crippen molar-refractivity contribution in [1.29, 1.82) is 0 Å². The molecule has 1 heterocycles. The highest BCUT2D eigenvalue weighted by Crippen LogP contribution is 2.27. The highest BCUT2D eigenvalue weighted by molar-refractivity contribution is 8.13. The molecule has 0 spiro atoms. The molecule has 3 nitrogen and oxygen atoms in total. The number of nitrogens with zero attached hydrogens (tertiary/aromatic N) is 1. The van der Waals surface area contributed by atoms with Crippen LogP contribution in [0.25, 0.3) is 0 Å². The first-order valence-corrected chi connectivity index (χ1v) is 5.89. The fraction of sp³-hybridized carbons (Fsp3) is 0.167. The SMILES string of the molecule is O=S(=O)(Cl)c1cnc(C(F)F)c(Cl)c1. The van der Waals surface area contributed by atoms with Crippen molar-refractivity contribution < 1.29 is 17.2 Å². The third kappa shape index (κ3) is 2.52. The summed E-state index contributed by atoms with van der Waals surface area (Å²) < 4.78 is 45.7. The lowest BCUT2D eigenvalue weighted by Gasteiger charge is -2.02. The minimum Gasteiger partial charge on any atom is -0.252 e. The number of pyridine rings is 1. The molecular formula is C6H3Cl2F2NO2S. The highest BCUT2D eigenvalue weighted by Gasteiger charge is 2.18. The van der Waals surface area contributed by atoms with Gasteiger partial charge in [0.05, 0.1) is 5.02 Å². The summed E-state index contributed by atoms with van der Waals surface area (Å²) in [5.74, 6) is 0. The van der Waals surface area contributed by atoms with Crippen LogP contribution in [0.4, 0.5) is 8.78 Å². The van der Waals surface area contributed by atoms with E-state index >= 15 is 0 Å². The van der Waals surface area contributed by atoms with E-state index in [0.717, 1.165) is 12.3 Å². The van der Waals surface area contributed by atoms with Gasteiger partial charge < -0.3 is 0 Å². The Hall–Kier alpha value is -0.460. The molecule has 8 heteroatoms. The first-order valence-electron chi connectivity index (χ1n) is 3.20. The molecule has 14 heavy (non-hydrogen) atoms. The van der Waals surface area contributed by atoms with Crippen molar-refractivity contribution >= 4 is 31.3 Å². The minimum atomic E-state index is -3.99. The van der Waals surface area contributed by atoms with Crippen LogP contribution in [0.5, 0.6) is 0 Å². The van der Waals surface area contributed by atoms with Gasteiger partial charge in [0.1, 0.15) is 10.6 Å². The van der Waals surface area contributed by atoms with E-state index in [1.807, 2.05) is 0 Å². The van der Waals surface area contributed by atoms with Gasteiger partial charge in [-0.25, -0.2) is 17.2 Å². The summed E-state index contributed by atoms with van der Waals surface area (Å²) in [7, 11) is 0.961. The Kier molecular flexibility index (Phi) is 3.28. The second kappa shape index (κ2) is 3.96. The van der Waals surface area contributed by atoms with Crippen molar-refractivity contribution in [3.63, 3.8) is 0 Å². The van der Waals surface area contributed by atoms with Gasteiger partial charge >= 0.3 is 0 Å². The molecule has 0 fully saturated rings. The maximum atomic E-state index is 12.1. The van der Waals surface area contributed by atoms with Crippen LogP contribution < -0.4 is 0 Å². The third-order valence-electron chi connectivity index (χ3n) is 1.33. The fourth-order valence-corrected chi connectivity index (χ4v) is 1.73. The molecule has 0 atom stereocenters. The molecular weight excluding hydrogens is 259 g/mol. The molecule has 0 aromatic carbocycles. The number of hydrogen-bond acceptors (Lipinski definition) is 3. The molecule has 0 aliphatic carbocycles. The number of rotatable bonds is 2. The van der Waals surface area contributed by atoms with Crippen molar-refractivity contribution in [2.45, 2.75) is 11.3 Å². The van der Waals surface area contributed by atoms with E-state index in [0.29, 0.717) is 0 Å². The van der Waals surface area contributed by atoms with E-state index < -0.39 is 31.1 Å².